The van der Waals surface area contributed by atoms with Crippen LogP contribution in [0.3, 0.4) is 0 Å². The molecule has 0 saturated heterocycles. The summed E-state index contributed by atoms with van der Waals surface area (Å²) in [4.78, 5) is 6.01. The summed E-state index contributed by atoms with van der Waals surface area (Å²) in [7, 11) is 1.63. The minimum Gasteiger partial charge on any atom is -0.382 e. The molecule has 1 aromatic carbocycles. The van der Waals surface area contributed by atoms with Crippen LogP contribution in [0.1, 0.15) is 13.3 Å². The van der Waals surface area contributed by atoms with Crippen LogP contribution in [0.15, 0.2) is 29.3 Å². The molecule has 98 valence electrons. The molecule has 0 spiro atoms. The normalized spacial score (nSPS) is 23.3. The van der Waals surface area contributed by atoms with Crippen LogP contribution < -0.4 is 10.6 Å². The number of hydrogen-bond donors (Lipinski definition) is 1. The van der Waals surface area contributed by atoms with Crippen LogP contribution in [0.2, 0.25) is 0 Å². The Bertz CT molecular complexity index is 463. The van der Waals surface area contributed by atoms with E-state index in [0.29, 0.717) is 24.8 Å². The van der Waals surface area contributed by atoms with Crippen molar-refractivity contribution in [3.63, 3.8) is 0 Å². The molecule has 0 aliphatic carbocycles. The summed E-state index contributed by atoms with van der Waals surface area (Å²) < 4.78 is 19.2. The van der Waals surface area contributed by atoms with Gasteiger partial charge in [0.05, 0.1) is 24.4 Å². The summed E-state index contributed by atoms with van der Waals surface area (Å²) in [5.74, 6) is 0.0467. The van der Waals surface area contributed by atoms with Gasteiger partial charge in [-0.1, -0.05) is 19.1 Å². The number of halogens is 1. The highest BCUT2D eigenvalue weighted by Crippen LogP contribution is 2.33. The predicted octanol–water partition coefficient (Wildman–Crippen LogP) is 1.76. The van der Waals surface area contributed by atoms with Crippen LogP contribution >= 0.6 is 0 Å². The molecule has 5 heteroatoms. The van der Waals surface area contributed by atoms with Crippen LogP contribution in [0.5, 0.6) is 0 Å². The maximum absolute atomic E-state index is 13.9. The molecule has 0 fully saturated rings. The van der Waals surface area contributed by atoms with E-state index >= 15 is 0 Å². The van der Waals surface area contributed by atoms with Crippen molar-refractivity contribution in [3.8, 4) is 0 Å². The molecule has 2 rings (SSSR count). The Morgan fingerprint density at radius 2 is 2.22 bits per heavy atom. The summed E-state index contributed by atoms with van der Waals surface area (Å²) in [5.41, 5.74) is 5.98. The van der Waals surface area contributed by atoms with E-state index in [0.717, 1.165) is 6.42 Å². The fourth-order valence-corrected chi connectivity index (χ4v) is 2.38. The highest BCUT2D eigenvalue weighted by atomic mass is 19.1. The summed E-state index contributed by atoms with van der Waals surface area (Å²) in [6.45, 7) is 3.01. The molecule has 1 unspecified atom stereocenters. The van der Waals surface area contributed by atoms with Gasteiger partial charge in [0.1, 0.15) is 5.82 Å². The van der Waals surface area contributed by atoms with Crippen LogP contribution in [0.4, 0.5) is 10.1 Å². The molecule has 0 amide bonds. The highest BCUT2D eigenvalue weighted by Gasteiger charge is 2.42. The number of para-hydroxylation sites is 1. The quantitative estimate of drug-likeness (QED) is 0.887. The smallest absolute Gasteiger partial charge is 0.196 e. The zero-order chi connectivity index (χ0) is 13.2. The summed E-state index contributed by atoms with van der Waals surface area (Å²) in [6.07, 6.45) is 0.777. The molecule has 0 saturated carbocycles. The van der Waals surface area contributed by atoms with Crippen molar-refractivity contribution in [2.24, 2.45) is 10.7 Å². The number of hydrogen-bond acceptors (Lipinski definition) is 4. The lowest BCUT2D eigenvalue weighted by atomic mass is 9.95. The van der Waals surface area contributed by atoms with Gasteiger partial charge >= 0.3 is 0 Å². The topological polar surface area (TPSA) is 50.9 Å². The average molecular weight is 251 g/mol. The second-order valence-corrected chi connectivity index (χ2v) is 4.47. The Hall–Kier alpha value is -1.62. The van der Waals surface area contributed by atoms with Gasteiger partial charge in [-0.05, 0) is 18.6 Å². The molecule has 1 aromatic rings. The summed E-state index contributed by atoms with van der Waals surface area (Å²) in [5, 5.41) is 0. The van der Waals surface area contributed by atoms with E-state index in [1.54, 1.807) is 30.2 Å². The minimum absolute atomic E-state index is 0.300. The maximum atomic E-state index is 13.9. The Balaban J connectivity index is 2.45. The van der Waals surface area contributed by atoms with Gasteiger partial charge in [-0.15, -0.1) is 0 Å². The first-order valence-corrected chi connectivity index (χ1v) is 5.98. The number of anilines is 1. The van der Waals surface area contributed by atoms with Crippen LogP contribution in [0.25, 0.3) is 0 Å². The van der Waals surface area contributed by atoms with Gasteiger partial charge in [-0.3, -0.25) is 9.89 Å². The Labute approximate surface area is 106 Å². The molecule has 1 heterocycles. The first-order chi connectivity index (χ1) is 8.64. The average Bonchev–Trinajstić information content (AvgIpc) is 2.69. The third-order valence-electron chi connectivity index (χ3n) is 3.40. The first kappa shape index (κ1) is 12.8. The van der Waals surface area contributed by atoms with Crippen LogP contribution in [0, 0.1) is 5.82 Å². The van der Waals surface area contributed by atoms with E-state index in [4.69, 9.17) is 10.5 Å². The Morgan fingerprint density at radius 3 is 2.83 bits per heavy atom. The fourth-order valence-electron chi connectivity index (χ4n) is 2.38. The SMILES string of the molecule is CCC1(COC)CN=C(N)N1c1ccccc1F. The van der Waals surface area contributed by atoms with E-state index in [1.807, 2.05) is 6.92 Å². The second-order valence-electron chi connectivity index (χ2n) is 4.47. The Kier molecular flexibility index (Phi) is 3.52. The molecule has 0 radical (unpaired) electrons. The number of ether oxygens (including phenoxy) is 1. The highest BCUT2D eigenvalue weighted by molar-refractivity contribution is 5.98. The first-order valence-electron chi connectivity index (χ1n) is 5.98. The number of nitrogens with zero attached hydrogens (tertiary/aromatic N) is 2. The van der Waals surface area contributed by atoms with Gasteiger partial charge in [0.25, 0.3) is 0 Å². The van der Waals surface area contributed by atoms with Crippen molar-refractivity contribution in [1.82, 2.24) is 0 Å². The lowest BCUT2D eigenvalue weighted by molar-refractivity contribution is 0.138. The van der Waals surface area contributed by atoms with Gasteiger partial charge in [0.2, 0.25) is 0 Å². The number of guanidine groups is 1. The molecule has 0 bridgehead atoms. The monoisotopic (exact) mass is 251 g/mol. The summed E-state index contributed by atoms with van der Waals surface area (Å²) >= 11 is 0. The number of benzene rings is 1. The van der Waals surface area contributed by atoms with E-state index in [2.05, 4.69) is 4.99 Å². The van der Waals surface area contributed by atoms with Gasteiger partial charge in [0, 0.05) is 7.11 Å². The van der Waals surface area contributed by atoms with E-state index in [1.165, 1.54) is 6.07 Å². The van der Waals surface area contributed by atoms with Crippen molar-refractivity contribution in [1.29, 1.82) is 0 Å². The molecule has 4 nitrogen and oxygen atoms in total. The predicted molar refractivity (Wildman–Crippen MR) is 70.3 cm³/mol. The minimum atomic E-state index is -0.388. The van der Waals surface area contributed by atoms with Crippen LogP contribution in [-0.4, -0.2) is 31.8 Å². The fraction of sp³-hybridized carbons (Fsp3) is 0.462. The molecule has 2 N–H and O–H groups in total. The largest absolute Gasteiger partial charge is 0.382 e. The zero-order valence-electron chi connectivity index (χ0n) is 10.7. The van der Waals surface area contributed by atoms with Gasteiger partial charge in [-0.2, -0.15) is 0 Å². The molecule has 1 aliphatic rings. The lowest BCUT2D eigenvalue weighted by Crippen LogP contribution is -2.54. The number of aliphatic imine (C=N–C) groups is 1. The molecule has 1 aliphatic heterocycles. The second kappa shape index (κ2) is 4.94. The van der Waals surface area contributed by atoms with Gasteiger partial charge in [0.15, 0.2) is 5.96 Å². The van der Waals surface area contributed by atoms with E-state index in [9.17, 15) is 4.39 Å². The maximum Gasteiger partial charge on any atom is 0.196 e. The number of nitrogens with two attached hydrogens (primary N) is 1. The molecule has 1 atom stereocenters. The molecule has 0 aromatic heterocycles. The standard InChI is InChI=1S/C13H18FN3O/c1-3-13(9-18-2)8-16-12(15)17(13)11-7-5-4-6-10(11)14/h4-7H,3,8-9H2,1-2H3,(H2,15,16). The van der Waals surface area contributed by atoms with Crippen molar-refractivity contribution >= 4 is 11.6 Å². The molecule has 18 heavy (non-hydrogen) atoms. The lowest BCUT2D eigenvalue weighted by Gasteiger charge is -2.38. The van der Waals surface area contributed by atoms with Crippen LogP contribution in [-0.2, 0) is 4.74 Å². The van der Waals surface area contributed by atoms with Crippen molar-refractivity contribution in [2.75, 3.05) is 25.2 Å². The van der Waals surface area contributed by atoms with Crippen molar-refractivity contribution < 1.29 is 9.13 Å². The molecular formula is C13H18FN3O. The summed E-state index contributed by atoms with van der Waals surface area (Å²) in [6, 6.07) is 6.58. The third kappa shape index (κ3) is 1.95. The van der Waals surface area contributed by atoms with Crippen molar-refractivity contribution in [2.45, 2.75) is 18.9 Å². The zero-order valence-corrected chi connectivity index (χ0v) is 10.7. The Morgan fingerprint density at radius 1 is 1.50 bits per heavy atom. The third-order valence-corrected chi connectivity index (χ3v) is 3.40. The van der Waals surface area contributed by atoms with E-state index in [-0.39, 0.29) is 11.4 Å². The van der Waals surface area contributed by atoms with Crippen molar-refractivity contribution in [3.05, 3.63) is 30.1 Å². The molecular weight excluding hydrogens is 233 g/mol. The van der Waals surface area contributed by atoms with Gasteiger partial charge in [-0.25, -0.2) is 4.39 Å². The van der Waals surface area contributed by atoms with Gasteiger partial charge < -0.3 is 10.5 Å². The van der Waals surface area contributed by atoms with E-state index < -0.39 is 0 Å². The number of methoxy groups -OCH3 is 1. The number of rotatable bonds is 4.